The Morgan fingerprint density at radius 1 is 1.12 bits per heavy atom. The average Bonchev–Trinajstić information content (AvgIpc) is 2.61. The fourth-order valence-electron chi connectivity index (χ4n) is 2.01. The number of hydrogen-bond acceptors (Lipinski definition) is 3. The van der Waals surface area contributed by atoms with E-state index in [1.807, 2.05) is 12.1 Å². The summed E-state index contributed by atoms with van der Waals surface area (Å²) in [6.45, 7) is 4.47. The second kappa shape index (κ2) is 9.09. The molecule has 2 aromatic rings. The highest BCUT2D eigenvalue weighted by Gasteiger charge is 2.05. The third kappa shape index (κ3) is 5.57. The molecule has 0 aliphatic rings. The maximum Gasteiger partial charge on any atom is 0.319 e. The van der Waals surface area contributed by atoms with Crippen molar-refractivity contribution in [2.24, 2.45) is 0 Å². The largest absolute Gasteiger partial charge is 0.349 e. The fourth-order valence-corrected chi connectivity index (χ4v) is 2.01. The van der Waals surface area contributed by atoms with Crippen LogP contribution in [0.15, 0.2) is 61.4 Å². The molecule has 0 radical (unpaired) electrons. The number of carbonyl (C=O) groups is 2. The normalized spacial score (nSPS) is 9.83. The van der Waals surface area contributed by atoms with Gasteiger partial charge in [-0.3, -0.25) is 9.78 Å². The Kier molecular flexibility index (Phi) is 6.52. The van der Waals surface area contributed by atoms with Gasteiger partial charge in [-0.05, 0) is 42.3 Å². The molecule has 0 aliphatic heterocycles. The molecule has 6 nitrogen and oxygen atoms in total. The van der Waals surface area contributed by atoms with Crippen molar-refractivity contribution in [2.75, 3.05) is 18.4 Å². The highest BCUT2D eigenvalue weighted by Crippen LogP contribution is 2.09. The van der Waals surface area contributed by atoms with Crippen molar-refractivity contribution >= 4 is 17.6 Å². The second-order valence-corrected chi connectivity index (χ2v) is 5.07. The molecule has 0 spiro atoms. The molecule has 3 N–H and O–H groups in total. The summed E-state index contributed by atoms with van der Waals surface area (Å²) in [5, 5.41) is 8.19. The number of aromatic nitrogens is 1. The zero-order valence-corrected chi connectivity index (χ0v) is 13.3. The monoisotopic (exact) mass is 324 g/mol. The maximum atomic E-state index is 11.8. The van der Waals surface area contributed by atoms with E-state index in [0.717, 1.165) is 5.56 Å². The minimum atomic E-state index is -0.289. The van der Waals surface area contributed by atoms with Gasteiger partial charge in [-0.1, -0.05) is 12.1 Å². The van der Waals surface area contributed by atoms with Crippen LogP contribution in [0.1, 0.15) is 15.9 Å². The van der Waals surface area contributed by atoms with Crippen LogP contribution >= 0.6 is 0 Å². The molecule has 0 bridgehead atoms. The van der Waals surface area contributed by atoms with Gasteiger partial charge in [-0.2, -0.15) is 0 Å². The van der Waals surface area contributed by atoms with E-state index in [1.165, 1.54) is 0 Å². The highest BCUT2D eigenvalue weighted by molar-refractivity contribution is 5.95. The first-order valence-electron chi connectivity index (χ1n) is 7.62. The molecule has 0 atom stereocenters. The molecule has 0 saturated carbocycles. The number of anilines is 1. The number of hydrogen-bond donors (Lipinski definition) is 3. The highest BCUT2D eigenvalue weighted by atomic mass is 16.2. The van der Waals surface area contributed by atoms with Crippen molar-refractivity contribution in [3.63, 3.8) is 0 Å². The number of nitrogens with one attached hydrogen (secondary N) is 3. The van der Waals surface area contributed by atoms with E-state index < -0.39 is 0 Å². The van der Waals surface area contributed by atoms with Crippen LogP contribution in [0.4, 0.5) is 10.5 Å². The van der Waals surface area contributed by atoms with Crippen LogP contribution < -0.4 is 16.0 Å². The van der Waals surface area contributed by atoms with Crippen LogP contribution in [-0.4, -0.2) is 30.0 Å². The lowest BCUT2D eigenvalue weighted by molar-refractivity contribution is 0.0958. The quantitative estimate of drug-likeness (QED) is 0.684. The van der Waals surface area contributed by atoms with Crippen molar-refractivity contribution in [1.29, 1.82) is 0 Å². The summed E-state index contributed by atoms with van der Waals surface area (Å²) in [7, 11) is 0. The molecule has 0 unspecified atom stereocenters. The van der Waals surface area contributed by atoms with E-state index in [2.05, 4.69) is 27.5 Å². The molecule has 124 valence electrons. The van der Waals surface area contributed by atoms with E-state index in [0.29, 0.717) is 30.8 Å². The molecule has 1 aromatic carbocycles. The lowest BCUT2D eigenvalue weighted by Crippen LogP contribution is -2.30. The molecule has 1 aromatic heterocycles. The van der Waals surface area contributed by atoms with Gasteiger partial charge in [-0.25, -0.2) is 4.79 Å². The smallest absolute Gasteiger partial charge is 0.319 e. The van der Waals surface area contributed by atoms with Crippen molar-refractivity contribution in [3.05, 3.63) is 72.6 Å². The Morgan fingerprint density at radius 3 is 2.58 bits per heavy atom. The SMILES string of the molecule is C=CCNC(=O)c1ccc(NC(=O)NCCc2cccnc2)cc1. The summed E-state index contributed by atoms with van der Waals surface area (Å²) >= 11 is 0. The minimum absolute atomic E-state index is 0.178. The molecule has 3 amide bonds. The van der Waals surface area contributed by atoms with Gasteiger partial charge < -0.3 is 16.0 Å². The first-order chi connectivity index (χ1) is 11.7. The Morgan fingerprint density at radius 2 is 1.92 bits per heavy atom. The van der Waals surface area contributed by atoms with Gasteiger partial charge in [0.05, 0.1) is 0 Å². The zero-order valence-electron chi connectivity index (χ0n) is 13.3. The molecule has 24 heavy (non-hydrogen) atoms. The van der Waals surface area contributed by atoms with Crippen molar-refractivity contribution < 1.29 is 9.59 Å². The number of amides is 3. The van der Waals surface area contributed by atoms with Gasteiger partial charge in [0.2, 0.25) is 0 Å². The van der Waals surface area contributed by atoms with Gasteiger partial charge in [0, 0.05) is 36.7 Å². The minimum Gasteiger partial charge on any atom is -0.349 e. The van der Waals surface area contributed by atoms with Crippen molar-refractivity contribution in [3.8, 4) is 0 Å². The summed E-state index contributed by atoms with van der Waals surface area (Å²) in [5.41, 5.74) is 2.21. The van der Waals surface area contributed by atoms with Crippen LogP contribution in [0.5, 0.6) is 0 Å². The van der Waals surface area contributed by atoms with Crippen LogP contribution in [0, 0.1) is 0 Å². The van der Waals surface area contributed by atoms with Gasteiger partial charge in [0.15, 0.2) is 0 Å². The van der Waals surface area contributed by atoms with Crippen LogP contribution in [0.25, 0.3) is 0 Å². The number of carbonyl (C=O) groups excluding carboxylic acids is 2. The summed E-state index contributed by atoms with van der Waals surface area (Å²) in [4.78, 5) is 27.6. The lowest BCUT2D eigenvalue weighted by Gasteiger charge is -2.08. The molecular weight excluding hydrogens is 304 g/mol. The second-order valence-electron chi connectivity index (χ2n) is 5.07. The lowest BCUT2D eigenvalue weighted by atomic mass is 10.2. The maximum absolute atomic E-state index is 11.8. The summed E-state index contributed by atoms with van der Waals surface area (Å²) in [6, 6.07) is 10.2. The van der Waals surface area contributed by atoms with Gasteiger partial charge in [0.1, 0.15) is 0 Å². The number of pyridine rings is 1. The average molecular weight is 324 g/mol. The predicted octanol–water partition coefficient (Wildman–Crippen LogP) is 2.36. The number of benzene rings is 1. The third-order valence-electron chi connectivity index (χ3n) is 3.23. The standard InChI is InChI=1S/C18H20N4O2/c1-2-10-20-17(23)15-5-7-16(8-6-15)22-18(24)21-12-9-14-4-3-11-19-13-14/h2-8,11,13H,1,9-10,12H2,(H,20,23)(H2,21,22,24). The van der Waals surface area contributed by atoms with Crippen LogP contribution in [-0.2, 0) is 6.42 Å². The molecule has 6 heteroatoms. The predicted molar refractivity (Wildman–Crippen MR) is 93.9 cm³/mol. The van der Waals surface area contributed by atoms with Crippen molar-refractivity contribution in [2.45, 2.75) is 6.42 Å². The van der Waals surface area contributed by atoms with Gasteiger partial charge >= 0.3 is 6.03 Å². The third-order valence-corrected chi connectivity index (χ3v) is 3.23. The molecule has 0 fully saturated rings. The molecule has 0 saturated heterocycles. The molecular formula is C18H20N4O2. The Hall–Kier alpha value is -3.15. The van der Waals surface area contributed by atoms with E-state index in [-0.39, 0.29) is 11.9 Å². The van der Waals surface area contributed by atoms with E-state index >= 15 is 0 Å². The van der Waals surface area contributed by atoms with E-state index in [1.54, 1.807) is 42.7 Å². The summed E-state index contributed by atoms with van der Waals surface area (Å²) in [5.74, 6) is -0.178. The van der Waals surface area contributed by atoms with Crippen LogP contribution in [0.3, 0.4) is 0 Å². The fraction of sp³-hybridized carbons (Fsp3) is 0.167. The van der Waals surface area contributed by atoms with E-state index in [9.17, 15) is 9.59 Å². The Balaban J connectivity index is 1.77. The first kappa shape index (κ1) is 17.2. The molecule has 0 aliphatic carbocycles. The van der Waals surface area contributed by atoms with E-state index in [4.69, 9.17) is 0 Å². The number of rotatable bonds is 7. The number of urea groups is 1. The molecule has 2 rings (SSSR count). The van der Waals surface area contributed by atoms with Gasteiger partial charge in [0.25, 0.3) is 5.91 Å². The number of nitrogens with zero attached hydrogens (tertiary/aromatic N) is 1. The zero-order chi connectivity index (χ0) is 17.2. The Bertz CT molecular complexity index is 684. The summed E-state index contributed by atoms with van der Waals surface area (Å²) < 4.78 is 0. The topological polar surface area (TPSA) is 83.1 Å². The summed E-state index contributed by atoms with van der Waals surface area (Å²) in [6.07, 6.45) is 5.81. The van der Waals surface area contributed by atoms with Crippen molar-refractivity contribution in [1.82, 2.24) is 15.6 Å². The Labute approximate surface area is 141 Å². The first-order valence-corrected chi connectivity index (χ1v) is 7.62. The van der Waals surface area contributed by atoms with Gasteiger partial charge in [-0.15, -0.1) is 6.58 Å². The molecule has 1 heterocycles. The van der Waals surface area contributed by atoms with Crippen LogP contribution in [0.2, 0.25) is 0 Å².